The van der Waals surface area contributed by atoms with Crippen LogP contribution in [0, 0.1) is 5.82 Å². The normalized spacial score (nSPS) is 18.7. The van der Waals surface area contributed by atoms with Crippen LogP contribution in [0.5, 0.6) is 11.5 Å². The number of ether oxygens (including phenoxy) is 2. The number of carbonyl (C=O) groups is 2. The number of benzene rings is 3. The third kappa shape index (κ3) is 5.77. The number of likely N-dealkylation sites (tertiary alicyclic amines) is 1. The lowest BCUT2D eigenvalue weighted by Gasteiger charge is -2.32. The van der Waals surface area contributed by atoms with Crippen LogP contribution in [-0.2, 0) is 23.7 Å². The molecule has 11 heteroatoms. The topological polar surface area (TPSA) is 106 Å². The van der Waals surface area contributed by atoms with E-state index in [0.717, 1.165) is 48.4 Å². The van der Waals surface area contributed by atoms with Gasteiger partial charge in [-0.3, -0.25) is 9.69 Å². The third-order valence-corrected chi connectivity index (χ3v) is 8.44. The standard InChI is InChI=1S/C32H32ClFN4O5/c1-19(39)35-12-15-38-27-16-21(31(40)41)6-9-26(27)36-29(38)18-37-13-10-20(11-14-37)23-4-3-5-28-30(23)43-32(2,42-28)24-8-7-22(33)17-25(24)34/h3-9,16-17,20H,10-15,18H2,1-2H3,(H,35,39)(H,40,41). The number of imidazole rings is 1. The van der Waals surface area contributed by atoms with E-state index in [4.69, 9.17) is 26.1 Å². The highest BCUT2D eigenvalue weighted by Gasteiger charge is 2.43. The van der Waals surface area contributed by atoms with Gasteiger partial charge in [0.2, 0.25) is 5.91 Å². The molecule has 0 bridgehead atoms. The Morgan fingerprint density at radius 1 is 1.14 bits per heavy atom. The van der Waals surface area contributed by atoms with Crippen molar-refractivity contribution in [1.82, 2.24) is 19.8 Å². The van der Waals surface area contributed by atoms with Gasteiger partial charge < -0.3 is 24.5 Å². The minimum atomic E-state index is -1.30. The van der Waals surface area contributed by atoms with Gasteiger partial charge in [0.15, 0.2) is 11.5 Å². The van der Waals surface area contributed by atoms with Gasteiger partial charge in [-0.2, -0.15) is 0 Å². The number of aromatic carboxylic acids is 1. The molecular formula is C32H32ClFN4O5. The third-order valence-electron chi connectivity index (χ3n) is 8.21. The van der Waals surface area contributed by atoms with E-state index in [-0.39, 0.29) is 23.0 Å². The van der Waals surface area contributed by atoms with E-state index in [0.29, 0.717) is 36.2 Å². The minimum Gasteiger partial charge on any atom is -0.478 e. The summed E-state index contributed by atoms with van der Waals surface area (Å²) in [5, 5.41) is 12.6. The first-order chi connectivity index (χ1) is 20.6. The van der Waals surface area contributed by atoms with Gasteiger partial charge in [-0.15, -0.1) is 0 Å². The first-order valence-corrected chi connectivity index (χ1v) is 14.6. The molecule has 1 amide bonds. The molecule has 9 nitrogen and oxygen atoms in total. The van der Waals surface area contributed by atoms with Crippen LogP contribution < -0.4 is 14.8 Å². The van der Waals surface area contributed by atoms with Crippen LogP contribution in [0.3, 0.4) is 0 Å². The molecule has 1 aromatic heterocycles. The first kappa shape index (κ1) is 28.9. The zero-order valence-corrected chi connectivity index (χ0v) is 24.7. The molecule has 2 N–H and O–H groups in total. The van der Waals surface area contributed by atoms with Crippen molar-refractivity contribution in [2.75, 3.05) is 19.6 Å². The number of para-hydroxylation sites is 1. The minimum absolute atomic E-state index is 0.125. The highest BCUT2D eigenvalue weighted by Crippen LogP contribution is 2.49. The monoisotopic (exact) mass is 606 g/mol. The molecule has 0 radical (unpaired) electrons. The first-order valence-electron chi connectivity index (χ1n) is 14.3. The van der Waals surface area contributed by atoms with Crippen LogP contribution in [0.1, 0.15) is 59.9 Å². The number of hydrogen-bond acceptors (Lipinski definition) is 6. The van der Waals surface area contributed by atoms with Crippen molar-refractivity contribution >= 4 is 34.5 Å². The van der Waals surface area contributed by atoms with E-state index in [2.05, 4.69) is 10.2 Å². The Balaban J connectivity index is 1.18. The van der Waals surface area contributed by atoms with Gasteiger partial charge in [-0.25, -0.2) is 14.2 Å². The number of amides is 1. The SMILES string of the molecule is CC(=O)NCCn1c(CN2CCC(c3cccc4c3OC(C)(c3ccc(Cl)cc3F)O4)CC2)nc2ccc(C(=O)O)cc21. The Morgan fingerprint density at radius 3 is 2.65 bits per heavy atom. The summed E-state index contributed by atoms with van der Waals surface area (Å²) in [6.07, 6.45) is 1.75. The Kier molecular flexibility index (Phi) is 7.74. The second kappa shape index (κ2) is 11.5. The van der Waals surface area contributed by atoms with E-state index in [9.17, 15) is 19.1 Å². The van der Waals surface area contributed by atoms with Gasteiger partial charge in [0.25, 0.3) is 5.79 Å². The van der Waals surface area contributed by atoms with Crippen LogP contribution in [0.15, 0.2) is 54.6 Å². The number of rotatable bonds is 8. The van der Waals surface area contributed by atoms with Crippen LogP contribution in [-0.4, -0.2) is 51.1 Å². The lowest BCUT2D eigenvalue weighted by atomic mass is 9.88. The predicted molar refractivity (Wildman–Crippen MR) is 159 cm³/mol. The number of carboxylic acid groups (broad SMARTS) is 1. The predicted octanol–water partition coefficient (Wildman–Crippen LogP) is 5.69. The second-order valence-corrected chi connectivity index (χ2v) is 11.6. The van der Waals surface area contributed by atoms with E-state index >= 15 is 0 Å². The molecule has 0 spiro atoms. The lowest BCUT2D eigenvalue weighted by Crippen LogP contribution is -2.34. The van der Waals surface area contributed by atoms with E-state index in [1.54, 1.807) is 37.3 Å². The Morgan fingerprint density at radius 2 is 1.93 bits per heavy atom. The molecule has 6 rings (SSSR count). The molecule has 1 saturated heterocycles. The molecule has 1 atom stereocenters. The summed E-state index contributed by atoms with van der Waals surface area (Å²) < 4.78 is 29.3. The maximum atomic E-state index is 14.8. The summed E-state index contributed by atoms with van der Waals surface area (Å²) in [6.45, 7) is 6.28. The van der Waals surface area contributed by atoms with Crippen molar-refractivity contribution < 1.29 is 28.6 Å². The molecule has 1 fully saturated rings. The second-order valence-electron chi connectivity index (χ2n) is 11.2. The lowest BCUT2D eigenvalue weighted by molar-refractivity contribution is -0.119. The average molecular weight is 607 g/mol. The molecule has 0 saturated carbocycles. The van der Waals surface area contributed by atoms with Gasteiger partial charge >= 0.3 is 5.97 Å². The van der Waals surface area contributed by atoms with Gasteiger partial charge in [0.05, 0.1) is 28.7 Å². The summed E-state index contributed by atoms with van der Waals surface area (Å²) in [5.74, 6) is -0.634. The highest BCUT2D eigenvalue weighted by molar-refractivity contribution is 6.30. The number of carbonyl (C=O) groups excluding carboxylic acids is 1. The molecule has 2 aliphatic heterocycles. The molecule has 1 unspecified atom stereocenters. The number of aromatic nitrogens is 2. The van der Waals surface area contributed by atoms with Crippen molar-refractivity contribution in [3.05, 3.63) is 88.0 Å². The smallest absolute Gasteiger partial charge is 0.335 e. The summed E-state index contributed by atoms with van der Waals surface area (Å²) in [7, 11) is 0. The van der Waals surface area contributed by atoms with Gasteiger partial charge in [0, 0.05) is 37.5 Å². The molecule has 2 aliphatic rings. The van der Waals surface area contributed by atoms with Crippen molar-refractivity contribution in [2.45, 2.75) is 51.5 Å². The largest absolute Gasteiger partial charge is 0.478 e. The number of halogens is 2. The molecule has 4 aromatic rings. The molecule has 3 heterocycles. The molecule has 0 aliphatic carbocycles. The molecular weight excluding hydrogens is 575 g/mol. The van der Waals surface area contributed by atoms with Gasteiger partial charge in [0.1, 0.15) is 11.6 Å². The van der Waals surface area contributed by atoms with Gasteiger partial charge in [-0.05, 0) is 74.3 Å². The van der Waals surface area contributed by atoms with Crippen molar-refractivity contribution in [3.8, 4) is 11.5 Å². The number of hydrogen-bond donors (Lipinski definition) is 2. The fourth-order valence-electron chi connectivity index (χ4n) is 6.06. The fourth-order valence-corrected chi connectivity index (χ4v) is 6.22. The molecule has 43 heavy (non-hydrogen) atoms. The number of carboxylic acids is 1. The van der Waals surface area contributed by atoms with E-state index < -0.39 is 17.6 Å². The number of nitrogens with zero attached hydrogens (tertiary/aromatic N) is 3. The summed E-state index contributed by atoms with van der Waals surface area (Å²) >= 11 is 5.96. The van der Waals surface area contributed by atoms with Crippen LogP contribution >= 0.6 is 11.6 Å². The molecule has 3 aromatic carbocycles. The molecule has 224 valence electrons. The van der Waals surface area contributed by atoms with Crippen molar-refractivity contribution in [3.63, 3.8) is 0 Å². The maximum absolute atomic E-state index is 14.8. The van der Waals surface area contributed by atoms with Gasteiger partial charge in [-0.1, -0.05) is 23.7 Å². The van der Waals surface area contributed by atoms with Crippen LogP contribution in [0.4, 0.5) is 4.39 Å². The summed E-state index contributed by atoms with van der Waals surface area (Å²) in [4.78, 5) is 30.2. The quantitative estimate of drug-likeness (QED) is 0.266. The van der Waals surface area contributed by atoms with Crippen LogP contribution in [0.25, 0.3) is 11.0 Å². The van der Waals surface area contributed by atoms with Crippen molar-refractivity contribution in [2.24, 2.45) is 0 Å². The van der Waals surface area contributed by atoms with Crippen LogP contribution in [0.2, 0.25) is 5.02 Å². The zero-order chi connectivity index (χ0) is 30.3. The van der Waals surface area contributed by atoms with Crippen molar-refractivity contribution in [1.29, 1.82) is 0 Å². The Labute approximate surface area is 253 Å². The summed E-state index contributed by atoms with van der Waals surface area (Å²) in [6, 6.07) is 15.2. The highest BCUT2D eigenvalue weighted by atomic mass is 35.5. The summed E-state index contributed by atoms with van der Waals surface area (Å²) in [5.41, 5.74) is 2.96. The van der Waals surface area contributed by atoms with E-state index in [1.165, 1.54) is 13.0 Å². The fraction of sp³-hybridized carbons (Fsp3) is 0.344. The van der Waals surface area contributed by atoms with E-state index in [1.807, 2.05) is 22.8 Å². The zero-order valence-electron chi connectivity index (χ0n) is 23.9. The maximum Gasteiger partial charge on any atom is 0.335 e. The Hall–Kier alpha value is -4.15. The number of fused-ring (bicyclic) bond motifs is 2. The average Bonchev–Trinajstić information content (AvgIpc) is 3.49. The number of piperidine rings is 1. The number of nitrogens with one attached hydrogen (secondary N) is 1. The Bertz CT molecular complexity index is 1720.